The van der Waals surface area contributed by atoms with Crippen LogP contribution in [0.25, 0.3) is 11.2 Å². The first-order chi connectivity index (χ1) is 9.88. The zero-order valence-corrected chi connectivity index (χ0v) is 10.8. The third-order valence-corrected chi connectivity index (χ3v) is 3.88. The van der Waals surface area contributed by atoms with E-state index in [1.54, 1.807) is 0 Å². The van der Waals surface area contributed by atoms with Gasteiger partial charge < -0.3 is 25.6 Å². The van der Waals surface area contributed by atoms with E-state index in [0.29, 0.717) is 0 Å². The lowest BCUT2D eigenvalue weighted by Crippen LogP contribution is -2.48. The largest absolute Gasteiger partial charge is 0.393 e. The van der Waals surface area contributed by atoms with Crippen molar-refractivity contribution in [1.82, 2.24) is 19.5 Å². The fraction of sp³-hybridized carbons (Fsp3) is 0.545. The van der Waals surface area contributed by atoms with E-state index < -0.39 is 36.1 Å². The Kier molecular flexibility index (Phi) is 2.97. The van der Waals surface area contributed by atoms with Gasteiger partial charge in [0.2, 0.25) is 5.95 Å². The van der Waals surface area contributed by atoms with Crippen molar-refractivity contribution >= 4 is 17.1 Å². The van der Waals surface area contributed by atoms with Crippen LogP contribution in [0.1, 0.15) is 12.5 Å². The number of imidazole rings is 1. The summed E-state index contributed by atoms with van der Waals surface area (Å²) in [4.78, 5) is 21.7. The normalized spacial score (nSPS) is 32.9. The second-order valence-electron chi connectivity index (χ2n) is 5.14. The van der Waals surface area contributed by atoms with Crippen molar-refractivity contribution in [2.24, 2.45) is 0 Å². The van der Waals surface area contributed by atoms with Crippen LogP contribution in [-0.2, 0) is 0 Å². The molecule has 0 aliphatic heterocycles. The number of H-pyrrole nitrogens is 1. The Morgan fingerprint density at radius 3 is 3.00 bits per heavy atom. The summed E-state index contributed by atoms with van der Waals surface area (Å²) in [5, 5.41) is 29.4. The lowest BCUT2D eigenvalue weighted by molar-refractivity contribution is -0.109. The summed E-state index contributed by atoms with van der Waals surface area (Å²) in [7, 11) is 0. The fourth-order valence-corrected chi connectivity index (χ4v) is 2.82. The topological polar surface area (TPSA) is 150 Å². The number of hydrogen-bond donors (Lipinski definition) is 5. The van der Waals surface area contributed by atoms with Gasteiger partial charge in [-0.3, -0.25) is 9.78 Å². The van der Waals surface area contributed by atoms with Crippen LogP contribution in [0.3, 0.4) is 0 Å². The average Bonchev–Trinajstić information content (AvgIpc) is 2.90. The van der Waals surface area contributed by atoms with Gasteiger partial charge in [0.15, 0.2) is 11.2 Å². The second-order valence-corrected chi connectivity index (χ2v) is 5.14. The van der Waals surface area contributed by atoms with Crippen molar-refractivity contribution in [2.75, 3.05) is 12.3 Å². The number of hydrogen-bond acceptors (Lipinski definition) is 7. The number of rotatable bonds is 2. The zero-order valence-electron chi connectivity index (χ0n) is 10.8. The molecule has 6 N–H and O–H groups in total. The Bertz CT molecular complexity index is 746. The van der Waals surface area contributed by atoms with Gasteiger partial charge >= 0.3 is 0 Å². The van der Waals surface area contributed by atoms with Crippen LogP contribution < -0.4 is 11.3 Å². The molecule has 2 heterocycles. The minimum atomic E-state index is -2.09. The van der Waals surface area contributed by atoms with Gasteiger partial charge in [-0.15, -0.1) is 0 Å². The molecule has 3 rings (SSSR count). The molecule has 1 aliphatic carbocycles. The Hall–Kier alpha value is -2.04. The number of anilines is 1. The van der Waals surface area contributed by atoms with E-state index in [1.165, 1.54) is 0 Å². The fourth-order valence-electron chi connectivity index (χ4n) is 2.82. The van der Waals surface area contributed by atoms with Crippen LogP contribution in [0.4, 0.5) is 10.3 Å². The number of halogens is 1. The molecule has 2 unspecified atom stereocenters. The number of nitrogens with one attached hydrogen (secondary N) is 1. The van der Waals surface area contributed by atoms with Crippen molar-refractivity contribution in [3.63, 3.8) is 0 Å². The van der Waals surface area contributed by atoms with Crippen molar-refractivity contribution in [2.45, 2.75) is 30.3 Å². The molecule has 0 radical (unpaired) electrons. The molecule has 114 valence electrons. The quantitative estimate of drug-likeness (QED) is 0.433. The predicted molar refractivity (Wildman–Crippen MR) is 69.2 cm³/mol. The summed E-state index contributed by atoms with van der Waals surface area (Å²) >= 11 is 0. The number of fused-ring (bicyclic) bond motifs is 1. The van der Waals surface area contributed by atoms with Crippen LogP contribution >= 0.6 is 0 Å². The van der Waals surface area contributed by atoms with Crippen LogP contribution in [-0.4, -0.2) is 59.3 Å². The van der Waals surface area contributed by atoms with Crippen molar-refractivity contribution in [3.8, 4) is 0 Å². The monoisotopic (exact) mass is 299 g/mol. The molecule has 21 heavy (non-hydrogen) atoms. The van der Waals surface area contributed by atoms with E-state index in [0.717, 1.165) is 10.9 Å². The third-order valence-electron chi connectivity index (χ3n) is 3.88. The maximum Gasteiger partial charge on any atom is 0.280 e. The minimum absolute atomic E-state index is 0.0233. The van der Waals surface area contributed by atoms with Crippen molar-refractivity contribution in [1.29, 1.82) is 0 Å². The molecule has 1 aliphatic rings. The molecule has 10 heteroatoms. The van der Waals surface area contributed by atoms with E-state index in [1.807, 2.05) is 0 Å². The molecule has 0 bridgehead atoms. The molecule has 0 spiro atoms. The number of nitrogen functional groups attached to an aromatic ring is 1. The molecular formula is C11H14FN5O4. The van der Waals surface area contributed by atoms with E-state index in [9.17, 15) is 24.5 Å². The predicted octanol–water partition coefficient (Wildman–Crippen LogP) is -1.93. The molecule has 1 fully saturated rings. The number of aliphatic hydroxyl groups excluding tert-OH is 2. The lowest BCUT2D eigenvalue weighted by atomic mass is 9.96. The molecule has 0 saturated heterocycles. The van der Waals surface area contributed by atoms with E-state index in [2.05, 4.69) is 15.0 Å². The molecule has 2 aromatic heterocycles. The van der Waals surface area contributed by atoms with E-state index >= 15 is 0 Å². The highest BCUT2D eigenvalue weighted by Gasteiger charge is 2.55. The highest BCUT2D eigenvalue weighted by Crippen LogP contribution is 2.42. The maximum absolute atomic E-state index is 14.2. The summed E-state index contributed by atoms with van der Waals surface area (Å²) in [6.07, 6.45) is -2.31. The molecule has 9 nitrogen and oxygen atoms in total. The Morgan fingerprint density at radius 1 is 1.62 bits per heavy atom. The SMILES string of the molecule is Nc1nc2c(ncn2[C@H]2[C@H](F)CC(O)C2(O)CO)c(=O)[nH]1. The number of nitrogens with two attached hydrogens (primary N) is 1. The third kappa shape index (κ3) is 1.83. The lowest BCUT2D eigenvalue weighted by Gasteiger charge is -2.31. The van der Waals surface area contributed by atoms with E-state index in [-0.39, 0.29) is 23.5 Å². The number of aromatic nitrogens is 4. The van der Waals surface area contributed by atoms with Gasteiger partial charge in [0, 0.05) is 6.42 Å². The average molecular weight is 299 g/mol. The molecular weight excluding hydrogens is 285 g/mol. The Balaban J connectivity index is 2.22. The summed E-state index contributed by atoms with van der Waals surface area (Å²) in [5.41, 5.74) is 2.67. The smallest absolute Gasteiger partial charge is 0.280 e. The van der Waals surface area contributed by atoms with Crippen molar-refractivity contribution in [3.05, 3.63) is 16.7 Å². The number of aliphatic hydroxyl groups is 3. The Morgan fingerprint density at radius 2 is 2.33 bits per heavy atom. The number of alkyl halides is 1. The van der Waals surface area contributed by atoms with Gasteiger partial charge in [0.1, 0.15) is 17.8 Å². The van der Waals surface area contributed by atoms with Crippen LogP contribution in [0, 0.1) is 0 Å². The van der Waals surface area contributed by atoms with Crippen LogP contribution in [0.2, 0.25) is 0 Å². The molecule has 0 aromatic carbocycles. The summed E-state index contributed by atoms with van der Waals surface area (Å²) in [6, 6.07) is -1.32. The maximum atomic E-state index is 14.2. The van der Waals surface area contributed by atoms with Gasteiger partial charge in [-0.1, -0.05) is 0 Å². The molecule has 2 aromatic rings. The molecule has 0 amide bonds. The Labute approximate surface area is 116 Å². The highest BCUT2D eigenvalue weighted by atomic mass is 19.1. The van der Waals surface area contributed by atoms with Gasteiger partial charge in [-0.05, 0) is 0 Å². The van der Waals surface area contributed by atoms with Crippen LogP contribution in [0.5, 0.6) is 0 Å². The minimum Gasteiger partial charge on any atom is -0.393 e. The zero-order chi connectivity index (χ0) is 15.4. The highest BCUT2D eigenvalue weighted by molar-refractivity contribution is 5.70. The van der Waals surface area contributed by atoms with Gasteiger partial charge in [-0.25, -0.2) is 9.37 Å². The first-order valence-electron chi connectivity index (χ1n) is 6.26. The summed E-state index contributed by atoms with van der Waals surface area (Å²) in [6.45, 7) is -0.850. The van der Waals surface area contributed by atoms with Gasteiger partial charge in [0.05, 0.1) is 19.0 Å². The first-order valence-corrected chi connectivity index (χ1v) is 6.26. The molecule has 1 saturated carbocycles. The second kappa shape index (κ2) is 4.48. The van der Waals surface area contributed by atoms with Crippen LogP contribution in [0.15, 0.2) is 11.1 Å². The van der Waals surface area contributed by atoms with E-state index in [4.69, 9.17) is 5.73 Å². The summed E-state index contributed by atoms with van der Waals surface area (Å²) < 4.78 is 15.3. The first kappa shape index (κ1) is 13.9. The summed E-state index contributed by atoms with van der Waals surface area (Å²) in [5.74, 6) is -0.184. The van der Waals surface area contributed by atoms with Gasteiger partial charge in [0.25, 0.3) is 5.56 Å². The standard InChI is InChI=1S/C11H14FN5O4/c12-4-1-5(19)11(21,2-18)7(4)17-3-14-6-8(17)15-10(13)16-9(6)20/h3-5,7,18-19,21H,1-2H2,(H3,13,15,16,20)/t4-,5?,7+,11?/m1/s1. The molecule has 4 atom stereocenters. The number of aromatic amines is 1. The number of nitrogens with zero attached hydrogens (tertiary/aromatic N) is 3. The van der Waals surface area contributed by atoms with Gasteiger partial charge in [-0.2, -0.15) is 4.98 Å². The van der Waals surface area contributed by atoms with Crippen molar-refractivity contribution < 1.29 is 19.7 Å².